The second-order valence-electron chi connectivity index (χ2n) is 4.17. The van der Waals surface area contributed by atoms with Crippen LogP contribution < -0.4 is 0 Å². The summed E-state index contributed by atoms with van der Waals surface area (Å²) in [6, 6.07) is 9.58. The van der Waals surface area contributed by atoms with Gasteiger partial charge in [-0.05, 0) is 18.2 Å². The number of hydrogen-bond acceptors (Lipinski definition) is 5. The highest BCUT2D eigenvalue weighted by atomic mass is 35.5. The van der Waals surface area contributed by atoms with E-state index in [1.54, 1.807) is 18.2 Å². The van der Waals surface area contributed by atoms with Gasteiger partial charge in [-0.25, -0.2) is 0 Å². The number of nitrogens with zero attached hydrogens (tertiary/aromatic N) is 5. The van der Waals surface area contributed by atoms with E-state index in [0.717, 1.165) is 0 Å². The molecular weight excluding hydrogens is 294 g/mol. The number of aromatic nitrogens is 3. The molecule has 0 spiro atoms. The molecule has 2 aromatic heterocycles. The van der Waals surface area contributed by atoms with Gasteiger partial charge >= 0.3 is 0 Å². The zero-order valence-electron chi connectivity index (χ0n) is 10.4. The molecule has 0 atom stereocenters. The highest BCUT2D eigenvalue weighted by molar-refractivity contribution is 6.33. The minimum Gasteiger partial charge on any atom is -0.281 e. The van der Waals surface area contributed by atoms with Crippen molar-refractivity contribution < 1.29 is 4.92 Å². The molecule has 0 saturated heterocycles. The summed E-state index contributed by atoms with van der Waals surface area (Å²) in [5, 5.41) is 28.2. The molecule has 1 aromatic carbocycles. The molecule has 8 heteroatoms. The van der Waals surface area contributed by atoms with E-state index in [1.165, 1.54) is 22.7 Å². The lowest BCUT2D eigenvalue weighted by molar-refractivity contribution is -0.384. The van der Waals surface area contributed by atoms with E-state index >= 15 is 0 Å². The first-order valence-electron chi connectivity index (χ1n) is 5.80. The third-order valence-electron chi connectivity index (χ3n) is 2.94. The van der Waals surface area contributed by atoms with Crippen LogP contribution in [0.2, 0.25) is 5.02 Å². The Kier molecular flexibility index (Phi) is 3.01. The molecule has 3 aromatic rings. The van der Waals surface area contributed by atoms with Crippen molar-refractivity contribution in [3.8, 4) is 17.5 Å². The van der Waals surface area contributed by atoms with Crippen LogP contribution in [0.5, 0.6) is 0 Å². The van der Waals surface area contributed by atoms with Crippen molar-refractivity contribution in [2.45, 2.75) is 0 Å². The molecular formula is C13H6ClN5O2. The molecule has 3 rings (SSSR count). The number of halogens is 1. The Balaban J connectivity index is 2.36. The van der Waals surface area contributed by atoms with Gasteiger partial charge in [-0.3, -0.25) is 14.5 Å². The fourth-order valence-electron chi connectivity index (χ4n) is 2.01. The summed E-state index contributed by atoms with van der Waals surface area (Å²) in [6.45, 7) is 0. The van der Waals surface area contributed by atoms with E-state index in [1.807, 2.05) is 6.07 Å². The van der Waals surface area contributed by atoms with Crippen LogP contribution in [0.25, 0.3) is 17.0 Å². The summed E-state index contributed by atoms with van der Waals surface area (Å²) in [7, 11) is 0. The molecule has 0 amide bonds. The van der Waals surface area contributed by atoms with Crippen molar-refractivity contribution in [1.82, 2.24) is 14.6 Å². The molecule has 0 N–H and O–H groups in total. The van der Waals surface area contributed by atoms with Crippen molar-refractivity contribution in [1.29, 1.82) is 5.26 Å². The molecule has 0 aliphatic heterocycles. The molecule has 0 radical (unpaired) electrons. The van der Waals surface area contributed by atoms with Crippen LogP contribution in [0.3, 0.4) is 0 Å². The fraction of sp³-hybridized carbons (Fsp3) is 0. The van der Waals surface area contributed by atoms with Crippen LogP contribution >= 0.6 is 11.6 Å². The third-order valence-corrected chi connectivity index (χ3v) is 3.26. The lowest BCUT2D eigenvalue weighted by Gasteiger charge is -2.04. The predicted molar refractivity (Wildman–Crippen MR) is 74.8 cm³/mol. The lowest BCUT2D eigenvalue weighted by atomic mass is 10.1. The highest BCUT2D eigenvalue weighted by Gasteiger charge is 2.22. The predicted octanol–water partition coefficient (Wildman–Crippen LogP) is 2.83. The first-order chi connectivity index (χ1) is 10.1. The average molecular weight is 300 g/mol. The Hall–Kier alpha value is -2.98. The van der Waals surface area contributed by atoms with Gasteiger partial charge in [0.2, 0.25) is 0 Å². The van der Waals surface area contributed by atoms with Crippen molar-refractivity contribution in [2.24, 2.45) is 0 Å². The van der Waals surface area contributed by atoms with Gasteiger partial charge in [0.05, 0.1) is 15.5 Å². The van der Waals surface area contributed by atoms with E-state index in [-0.39, 0.29) is 22.1 Å². The molecule has 0 aliphatic carbocycles. The van der Waals surface area contributed by atoms with Crippen molar-refractivity contribution in [2.75, 3.05) is 0 Å². The third kappa shape index (κ3) is 2.07. The van der Waals surface area contributed by atoms with Crippen LogP contribution in [-0.2, 0) is 0 Å². The molecule has 0 unspecified atom stereocenters. The summed E-state index contributed by atoms with van der Waals surface area (Å²) in [4.78, 5) is 10.6. The smallest absolute Gasteiger partial charge is 0.281 e. The van der Waals surface area contributed by atoms with Gasteiger partial charge in [0, 0.05) is 12.3 Å². The zero-order chi connectivity index (χ0) is 15.0. The van der Waals surface area contributed by atoms with Gasteiger partial charge in [-0.1, -0.05) is 17.7 Å². The molecule has 0 saturated carbocycles. The zero-order valence-corrected chi connectivity index (χ0v) is 11.2. The molecule has 0 aliphatic rings. The van der Waals surface area contributed by atoms with E-state index < -0.39 is 4.92 Å². The van der Waals surface area contributed by atoms with Gasteiger partial charge in [-0.2, -0.15) is 5.26 Å². The van der Waals surface area contributed by atoms with Crippen molar-refractivity contribution in [3.63, 3.8) is 0 Å². The quantitative estimate of drug-likeness (QED) is 0.535. The van der Waals surface area contributed by atoms with Crippen LogP contribution in [0, 0.1) is 21.4 Å². The standard InChI is InChI=1S/C13H6ClN5O2/c14-9-2-1-3-10(19(20)21)12(9)13-17-16-11-5-4-8(6-15)7-18(11)13/h1-5,7H. The van der Waals surface area contributed by atoms with E-state index in [0.29, 0.717) is 11.2 Å². The van der Waals surface area contributed by atoms with Crippen molar-refractivity contribution in [3.05, 3.63) is 57.2 Å². The Morgan fingerprint density at radius 1 is 1.29 bits per heavy atom. The molecule has 0 fully saturated rings. The number of pyridine rings is 1. The number of nitriles is 1. The largest absolute Gasteiger partial charge is 0.281 e. The Morgan fingerprint density at radius 2 is 2.10 bits per heavy atom. The number of hydrogen-bond donors (Lipinski definition) is 0. The molecule has 102 valence electrons. The Morgan fingerprint density at radius 3 is 2.81 bits per heavy atom. The number of rotatable bonds is 2. The van der Waals surface area contributed by atoms with Gasteiger partial charge in [0.15, 0.2) is 11.5 Å². The van der Waals surface area contributed by atoms with Crippen LogP contribution in [0.1, 0.15) is 5.56 Å². The molecule has 0 bridgehead atoms. The number of benzene rings is 1. The Labute approximate surface area is 123 Å². The van der Waals surface area contributed by atoms with Gasteiger partial charge in [-0.15, -0.1) is 10.2 Å². The number of nitro groups is 1. The van der Waals surface area contributed by atoms with E-state index in [9.17, 15) is 10.1 Å². The summed E-state index contributed by atoms with van der Waals surface area (Å²) < 4.78 is 1.51. The summed E-state index contributed by atoms with van der Waals surface area (Å²) >= 11 is 6.09. The van der Waals surface area contributed by atoms with Crippen LogP contribution in [0.15, 0.2) is 36.5 Å². The highest BCUT2D eigenvalue weighted by Crippen LogP contribution is 2.35. The van der Waals surface area contributed by atoms with Gasteiger partial charge in [0.1, 0.15) is 11.6 Å². The maximum atomic E-state index is 11.2. The second-order valence-corrected chi connectivity index (χ2v) is 4.58. The maximum Gasteiger partial charge on any atom is 0.281 e. The van der Waals surface area contributed by atoms with Crippen LogP contribution in [0.4, 0.5) is 5.69 Å². The van der Waals surface area contributed by atoms with Crippen molar-refractivity contribution >= 4 is 22.9 Å². The Bertz CT molecular complexity index is 913. The maximum absolute atomic E-state index is 11.2. The first kappa shape index (κ1) is 13.0. The molecule has 2 heterocycles. The SMILES string of the molecule is N#Cc1ccc2nnc(-c3c(Cl)cccc3[N+](=O)[O-])n2c1. The monoisotopic (exact) mass is 299 g/mol. The van der Waals surface area contributed by atoms with Crippen LogP contribution in [-0.4, -0.2) is 19.5 Å². The topological polar surface area (TPSA) is 97.1 Å². The number of fused-ring (bicyclic) bond motifs is 1. The second kappa shape index (κ2) is 4.85. The number of nitro benzene ring substituents is 1. The minimum atomic E-state index is -0.531. The van der Waals surface area contributed by atoms with Gasteiger partial charge in [0.25, 0.3) is 5.69 Å². The fourth-order valence-corrected chi connectivity index (χ4v) is 2.27. The lowest BCUT2D eigenvalue weighted by Crippen LogP contribution is -1.97. The van der Waals surface area contributed by atoms with E-state index in [4.69, 9.17) is 16.9 Å². The van der Waals surface area contributed by atoms with E-state index in [2.05, 4.69) is 10.2 Å². The first-order valence-corrected chi connectivity index (χ1v) is 6.18. The average Bonchev–Trinajstić information content (AvgIpc) is 2.89. The summed E-state index contributed by atoms with van der Waals surface area (Å²) in [5.74, 6) is 0.222. The minimum absolute atomic E-state index is 0.167. The molecule has 21 heavy (non-hydrogen) atoms. The summed E-state index contributed by atoms with van der Waals surface area (Å²) in [5.41, 5.74) is 0.863. The summed E-state index contributed by atoms with van der Waals surface area (Å²) in [6.07, 6.45) is 1.51. The normalized spacial score (nSPS) is 10.5. The molecule has 7 nitrogen and oxygen atoms in total. The van der Waals surface area contributed by atoms with Gasteiger partial charge < -0.3 is 0 Å².